The van der Waals surface area contributed by atoms with Crippen LogP contribution in [0.4, 0.5) is 5.69 Å². The first-order valence-electron chi connectivity index (χ1n) is 9.77. The maximum atomic E-state index is 13.3. The molecule has 2 aliphatic heterocycles. The van der Waals surface area contributed by atoms with Crippen LogP contribution < -0.4 is 4.90 Å². The van der Waals surface area contributed by atoms with Crippen molar-refractivity contribution in [3.63, 3.8) is 0 Å². The van der Waals surface area contributed by atoms with Crippen LogP contribution in [0.3, 0.4) is 0 Å². The molecule has 0 amide bonds. The summed E-state index contributed by atoms with van der Waals surface area (Å²) in [6, 6.07) is 13.1. The average Bonchev–Trinajstić information content (AvgIpc) is 3.21. The molecule has 1 saturated heterocycles. The highest BCUT2D eigenvalue weighted by molar-refractivity contribution is 7.89. The van der Waals surface area contributed by atoms with Crippen LogP contribution in [-0.4, -0.2) is 62.9 Å². The number of piperazine rings is 1. The van der Waals surface area contributed by atoms with Gasteiger partial charge in [0.2, 0.25) is 5.96 Å². The highest BCUT2D eigenvalue weighted by Crippen LogP contribution is 2.27. The molecule has 2 heterocycles. The lowest BCUT2D eigenvalue weighted by Crippen LogP contribution is -2.53. The molecule has 0 unspecified atom stereocenters. The number of para-hydroxylation sites is 1. The first-order chi connectivity index (χ1) is 13.9. The van der Waals surface area contributed by atoms with E-state index in [4.69, 9.17) is 11.6 Å². The molecule has 0 aliphatic carbocycles. The number of hydrogen-bond acceptors (Lipinski definition) is 5. The van der Waals surface area contributed by atoms with E-state index in [0.29, 0.717) is 37.0 Å². The summed E-state index contributed by atoms with van der Waals surface area (Å²) in [4.78, 5) is 9.16. The van der Waals surface area contributed by atoms with E-state index in [9.17, 15) is 8.42 Å². The van der Waals surface area contributed by atoms with Crippen LogP contribution in [0.2, 0.25) is 5.02 Å². The molecule has 8 heteroatoms. The lowest BCUT2D eigenvalue weighted by molar-refractivity contribution is 0.358. The minimum Gasteiger partial charge on any atom is -0.367 e. The molecular formula is C21H25ClN4O2S. The number of anilines is 1. The van der Waals surface area contributed by atoms with Crippen LogP contribution in [0, 0.1) is 13.8 Å². The largest absolute Gasteiger partial charge is 0.367 e. The minimum atomic E-state index is -3.62. The molecule has 154 valence electrons. The summed E-state index contributed by atoms with van der Waals surface area (Å²) in [5, 5.41) is 0.734. The number of aryl methyl sites for hydroxylation is 2. The Kier molecular flexibility index (Phi) is 5.44. The molecular weight excluding hydrogens is 408 g/mol. The Bertz CT molecular complexity index is 1050. The molecule has 2 aliphatic rings. The van der Waals surface area contributed by atoms with Gasteiger partial charge in [-0.25, -0.2) is 12.7 Å². The second-order valence-electron chi connectivity index (χ2n) is 7.43. The number of rotatable bonds is 3. The van der Waals surface area contributed by atoms with Crippen molar-refractivity contribution in [2.45, 2.75) is 18.7 Å². The van der Waals surface area contributed by atoms with E-state index in [2.05, 4.69) is 14.8 Å². The average molecular weight is 433 g/mol. The zero-order valence-corrected chi connectivity index (χ0v) is 18.2. The Balaban J connectivity index is 1.51. The van der Waals surface area contributed by atoms with E-state index in [1.807, 2.05) is 44.2 Å². The molecule has 2 aromatic rings. The molecule has 0 aromatic heterocycles. The molecule has 4 rings (SSSR count). The molecule has 6 nitrogen and oxygen atoms in total. The number of halogens is 1. The highest BCUT2D eigenvalue weighted by Gasteiger charge is 2.35. The van der Waals surface area contributed by atoms with Crippen molar-refractivity contribution in [1.29, 1.82) is 0 Å². The maximum Gasteiger partial charge on any atom is 0.266 e. The predicted octanol–water partition coefficient (Wildman–Crippen LogP) is 3.14. The fourth-order valence-corrected chi connectivity index (χ4v) is 5.55. The van der Waals surface area contributed by atoms with Gasteiger partial charge in [-0.1, -0.05) is 29.8 Å². The fourth-order valence-electron chi connectivity index (χ4n) is 3.76. The zero-order valence-electron chi connectivity index (χ0n) is 16.7. The lowest BCUT2D eigenvalue weighted by Gasteiger charge is -2.39. The van der Waals surface area contributed by atoms with Crippen LogP contribution >= 0.6 is 11.6 Å². The summed E-state index contributed by atoms with van der Waals surface area (Å²) in [6.45, 7) is 7.71. The smallest absolute Gasteiger partial charge is 0.266 e. The molecule has 0 bridgehead atoms. The Labute approximate surface area is 177 Å². The van der Waals surface area contributed by atoms with Gasteiger partial charge in [0.15, 0.2) is 0 Å². The molecule has 0 spiro atoms. The first kappa shape index (κ1) is 20.0. The quantitative estimate of drug-likeness (QED) is 0.747. The van der Waals surface area contributed by atoms with Crippen molar-refractivity contribution in [1.82, 2.24) is 9.21 Å². The van der Waals surface area contributed by atoms with Gasteiger partial charge in [0.05, 0.1) is 28.7 Å². The van der Waals surface area contributed by atoms with Gasteiger partial charge < -0.3 is 9.80 Å². The Morgan fingerprint density at radius 1 is 0.897 bits per heavy atom. The van der Waals surface area contributed by atoms with Crippen molar-refractivity contribution in [3.8, 4) is 0 Å². The van der Waals surface area contributed by atoms with Gasteiger partial charge in [0.1, 0.15) is 0 Å². The summed E-state index contributed by atoms with van der Waals surface area (Å²) >= 11 is 6.33. The van der Waals surface area contributed by atoms with E-state index in [1.165, 1.54) is 4.31 Å². The van der Waals surface area contributed by atoms with Gasteiger partial charge in [-0.15, -0.1) is 0 Å². The van der Waals surface area contributed by atoms with E-state index < -0.39 is 10.0 Å². The Hall–Kier alpha value is -2.25. The first-order valence-corrected chi connectivity index (χ1v) is 11.6. The Morgan fingerprint density at radius 3 is 2.28 bits per heavy atom. The van der Waals surface area contributed by atoms with Gasteiger partial charge >= 0.3 is 0 Å². The van der Waals surface area contributed by atoms with E-state index >= 15 is 0 Å². The second kappa shape index (κ2) is 7.88. The molecule has 0 N–H and O–H groups in total. The number of sulfonamides is 1. The van der Waals surface area contributed by atoms with Crippen LogP contribution in [-0.2, 0) is 10.0 Å². The zero-order chi connectivity index (χ0) is 20.6. The number of hydrogen-bond donors (Lipinski definition) is 0. The SMILES string of the molecule is Cc1ccc(S(=O)(=O)N2CCN=C2N2CCN(c3ccccc3Cl)CC2)cc1C. The third kappa shape index (κ3) is 3.81. The van der Waals surface area contributed by atoms with Crippen molar-refractivity contribution in [3.05, 3.63) is 58.6 Å². The van der Waals surface area contributed by atoms with Gasteiger partial charge in [0, 0.05) is 26.2 Å². The second-order valence-corrected chi connectivity index (χ2v) is 9.70. The highest BCUT2D eigenvalue weighted by atomic mass is 35.5. The molecule has 0 saturated carbocycles. The topological polar surface area (TPSA) is 56.2 Å². The molecule has 0 atom stereocenters. The van der Waals surface area contributed by atoms with Crippen LogP contribution in [0.1, 0.15) is 11.1 Å². The maximum absolute atomic E-state index is 13.3. The number of aliphatic imine (C=N–C) groups is 1. The summed E-state index contributed by atoms with van der Waals surface area (Å²) in [6.07, 6.45) is 0. The normalized spacial score (nSPS) is 17.6. The van der Waals surface area contributed by atoms with Crippen molar-refractivity contribution < 1.29 is 8.42 Å². The number of benzene rings is 2. The summed E-state index contributed by atoms with van der Waals surface area (Å²) in [5.41, 5.74) is 3.06. The van der Waals surface area contributed by atoms with Crippen molar-refractivity contribution in [2.24, 2.45) is 4.99 Å². The third-order valence-electron chi connectivity index (χ3n) is 5.60. The summed E-state index contributed by atoms with van der Waals surface area (Å²) in [5.74, 6) is 0.557. The Morgan fingerprint density at radius 2 is 1.59 bits per heavy atom. The van der Waals surface area contributed by atoms with Crippen LogP contribution in [0.15, 0.2) is 52.4 Å². The standard InChI is InChI=1S/C21H25ClN4O2S/c1-16-7-8-18(15-17(16)2)29(27,28)26-10-9-23-21(26)25-13-11-24(12-14-25)20-6-4-3-5-19(20)22/h3-8,15H,9-14H2,1-2H3. The molecule has 29 heavy (non-hydrogen) atoms. The van der Waals surface area contributed by atoms with Gasteiger partial charge in [-0.05, 0) is 49.2 Å². The van der Waals surface area contributed by atoms with Gasteiger partial charge in [-0.3, -0.25) is 4.99 Å². The van der Waals surface area contributed by atoms with Gasteiger partial charge in [0.25, 0.3) is 10.0 Å². The summed E-state index contributed by atoms with van der Waals surface area (Å²) < 4.78 is 28.0. The number of nitrogens with zero attached hydrogens (tertiary/aromatic N) is 4. The van der Waals surface area contributed by atoms with Gasteiger partial charge in [-0.2, -0.15) is 0 Å². The van der Waals surface area contributed by atoms with Crippen LogP contribution in [0.25, 0.3) is 0 Å². The van der Waals surface area contributed by atoms with Crippen molar-refractivity contribution in [2.75, 3.05) is 44.2 Å². The fraction of sp³-hybridized carbons (Fsp3) is 0.381. The van der Waals surface area contributed by atoms with Crippen molar-refractivity contribution >= 4 is 33.3 Å². The summed E-state index contributed by atoms with van der Waals surface area (Å²) in [7, 11) is -3.62. The van der Waals surface area contributed by atoms with E-state index in [0.717, 1.165) is 34.9 Å². The van der Waals surface area contributed by atoms with E-state index in [1.54, 1.807) is 12.1 Å². The third-order valence-corrected chi connectivity index (χ3v) is 7.70. The molecule has 2 aromatic carbocycles. The van der Waals surface area contributed by atoms with Crippen LogP contribution in [0.5, 0.6) is 0 Å². The van der Waals surface area contributed by atoms with E-state index in [-0.39, 0.29) is 0 Å². The molecule has 0 radical (unpaired) electrons. The molecule has 1 fully saturated rings. The number of guanidine groups is 1. The predicted molar refractivity (Wildman–Crippen MR) is 117 cm³/mol. The monoisotopic (exact) mass is 432 g/mol. The minimum absolute atomic E-state index is 0.324. The lowest BCUT2D eigenvalue weighted by atomic mass is 10.1.